The predicted molar refractivity (Wildman–Crippen MR) is 118 cm³/mol. The van der Waals surface area contributed by atoms with E-state index in [1.165, 1.54) is 0 Å². The van der Waals surface area contributed by atoms with Crippen molar-refractivity contribution in [2.24, 2.45) is 0 Å². The van der Waals surface area contributed by atoms with Gasteiger partial charge in [-0.25, -0.2) is 4.39 Å². The molecule has 0 amide bonds. The number of hydrogen-bond donors (Lipinski definition) is 0. The van der Waals surface area contributed by atoms with E-state index >= 15 is 0 Å². The van der Waals surface area contributed by atoms with Crippen molar-refractivity contribution in [2.45, 2.75) is 39.5 Å². The highest BCUT2D eigenvalue weighted by atomic mass is 35.5. The Morgan fingerprint density at radius 3 is 2.61 bits per heavy atom. The van der Waals surface area contributed by atoms with Crippen LogP contribution in [0.1, 0.15) is 35.6 Å². The maximum absolute atomic E-state index is 14.7. The van der Waals surface area contributed by atoms with Crippen LogP contribution in [0.25, 0.3) is 10.4 Å². The van der Waals surface area contributed by atoms with Crippen molar-refractivity contribution in [3.8, 4) is 16.2 Å². The van der Waals surface area contributed by atoms with Gasteiger partial charge >= 0.3 is 12.1 Å². The molecule has 0 aliphatic carbocycles. The Morgan fingerprint density at radius 1 is 1.21 bits per heavy atom. The van der Waals surface area contributed by atoms with Gasteiger partial charge in [0.2, 0.25) is 0 Å². The molecule has 0 N–H and O–H groups in total. The Morgan fingerprint density at radius 2 is 1.94 bits per heavy atom. The van der Waals surface area contributed by atoms with Crippen molar-refractivity contribution >= 4 is 29.1 Å². The van der Waals surface area contributed by atoms with Crippen LogP contribution in [0.2, 0.25) is 5.15 Å². The van der Waals surface area contributed by atoms with Crippen LogP contribution in [0.5, 0.6) is 5.75 Å². The third-order valence-electron chi connectivity index (χ3n) is 4.87. The van der Waals surface area contributed by atoms with Gasteiger partial charge in [0.05, 0.1) is 17.0 Å². The van der Waals surface area contributed by atoms with Gasteiger partial charge in [-0.05, 0) is 60.6 Å². The summed E-state index contributed by atoms with van der Waals surface area (Å²) in [5.74, 6) is -2.20. The Balaban J connectivity index is 1.87. The summed E-state index contributed by atoms with van der Waals surface area (Å²) in [7, 11) is 0. The molecule has 0 aliphatic rings. The first-order valence-electron chi connectivity index (χ1n) is 9.99. The van der Waals surface area contributed by atoms with Crippen molar-refractivity contribution in [1.29, 1.82) is 0 Å². The molecular weight excluding hydrogens is 482 g/mol. The lowest BCUT2D eigenvalue weighted by molar-refractivity contribution is -0.144. The van der Waals surface area contributed by atoms with E-state index in [1.54, 1.807) is 6.92 Å². The second-order valence-corrected chi connectivity index (χ2v) is 8.26. The number of alkyl halides is 3. The molecule has 10 heteroatoms. The van der Waals surface area contributed by atoms with Crippen molar-refractivity contribution in [3.63, 3.8) is 0 Å². The lowest BCUT2D eigenvalue weighted by atomic mass is 10.0. The van der Waals surface area contributed by atoms with E-state index in [2.05, 4.69) is 4.37 Å². The van der Waals surface area contributed by atoms with Gasteiger partial charge in [-0.2, -0.15) is 17.5 Å². The van der Waals surface area contributed by atoms with Crippen LogP contribution in [-0.2, 0) is 28.7 Å². The zero-order valence-electron chi connectivity index (χ0n) is 17.8. The van der Waals surface area contributed by atoms with Crippen molar-refractivity contribution in [2.75, 3.05) is 6.61 Å². The summed E-state index contributed by atoms with van der Waals surface area (Å²) < 4.78 is 69.8. The Kier molecular flexibility index (Phi) is 7.97. The SMILES string of the molecule is CCOC(=O)CCc1cc(F)c(OCc2c(Cl)nsc2-c2ccccc2C)cc1C(F)(F)F. The van der Waals surface area contributed by atoms with Gasteiger partial charge in [0.15, 0.2) is 11.6 Å². The second kappa shape index (κ2) is 10.5. The fraction of sp³-hybridized carbons (Fsp3) is 0.304. The highest BCUT2D eigenvalue weighted by Gasteiger charge is 2.35. The average molecular weight is 502 g/mol. The molecule has 0 saturated heterocycles. The van der Waals surface area contributed by atoms with Crippen molar-refractivity contribution < 1.29 is 31.8 Å². The smallest absolute Gasteiger partial charge is 0.416 e. The van der Waals surface area contributed by atoms with E-state index in [1.807, 2.05) is 31.2 Å². The molecule has 176 valence electrons. The number of aromatic nitrogens is 1. The highest BCUT2D eigenvalue weighted by Crippen LogP contribution is 2.38. The summed E-state index contributed by atoms with van der Waals surface area (Å²) >= 11 is 7.31. The molecule has 2 aromatic carbocycles. The minimum Gasteiger partial charge on any atom is -0.486 e. The fourth-order valence-corrected chi connectivity index (χ4v) is 4.43. The monoisotopic (exact) mass is 501 g/mol. The highest BCUT2D eigenvalue weighted by molar-refractivity contribution is 7.10. The number of carbonyl (C=O) groups excluding carboxylic acids is 1. The van der Waals surface area contributed by atoms with Gasteiger partial charge in [0.1, 0.15) is 11.8 Å². The van der Waals surface area contributed by atoms with Crippen LogP contribution >= 0.6 is 23.1 Å². The molecule has 0 unspecified atom stereocenters. The van der Waals surface area contributed by atoms with Crippen LogP contribution in [0, 0.1) is 12.7 Å². The molecule has 3 rings (SSSR count). The van der Waals surface area contributed by atoms with E-state index in [0.717, 1.165) is 28.7 Å². The van der Waals surface area contributed by atoms with Gasteiger partial charge in [0, 0.05) is 12.0 Å². The fourth-order valence-electron chi connectivity index (χ4n) is 3.25. The molecule has 33 heavy (non-hydrogen) atoms. The van der Waals surface area contributed by atoms with Gasteiger partial charge in [-0.1, -0.05) is 35.9 Å². The number of halogens is 5. The minimum atomic E-state index is -4.76. The largest absolute Gasteiger partial charge is 0.486 e. The summed E-state index contributed by atoms with van der Waals surface area (Å²) in [6.45, 7) is 3.33. The third kappa shape index (κ3) is 6.03. The van der Waals surface area contributed by atoms with Gasteiger partial charge in [-0.15, -0.1) is 0 Å². The summed E-state index contributed by atoms with van der Waals surface area (Å²) in [5.41, 5.74) is 0.838. The minimum absolute atomic E-state index is 0.108. The normalized spacial score (nSPS) is 11.5. The second-order valence-electron chi connectivity index (χ2n) is 7.13. The standard InChI is InChI=1S/C23H20ClF4NO3S/c1-3-31-20(30)9-8-14-10-18(25)19(11-17(14)23(26,27)28)32-12-16-21(33-29-22(16)24)15-7-5-4-6-13(15)2/h4-7,10-11H,3,8-9,12H2,1-2H3. The predicted octanol–water partition coefficient (Wildman–Crippen LogP) is 7.00. The maximum Gasteiger partial charge on any atom is 0.416 e. The topological polar surface area (TPSA) is 48.4 Å². The average Bonchev–Trinajstić information content (AvgIpc) is 3.11. The van der Waals surface area contributed by atoms with E-state index in [9.17, 15) is 22.4 Å². The molecule has 3 aromatic rings. The summed E-state index contributed by atoms with van der Waals surface area (Å²) in [4.78, 5) is 12.2. The van der Waals surface area contributed by atoms with Gasteiger partial charge in [0.25, 0.3) is 0 Å². The number of carbonyl (C=O) groups is 1. The van der Waals surface area contributed by atoms with Crippen LogP contribution in [0.3, 0.4) is 0 Å². The van der Waals surface area contributed by atoms with Crippen molar-refractivity contribution in [3.05, 3.63) is 69.6 Å². The van der Waals surface area contributed by atoms with Crippen LogP contribution < -0.4 is 4.74 Å². The molecule has 0 radical (unpaired) electrons. The molecule has 0 fully saturated rings. The summed E-state index contributed by atoms with van der Waals surface area (Å²) in [5, 5.41) is 0.140. The lowest BCUT2D eigenvalue weighted by Gasteiger charge is -2.16. The summed E-state index contributed by atoms with van der Waals surface area (Å²) in [6, 6.07) is 8.82. The molecule has 0 atom stereocenters. The van der Waals surface area contributed by atoms with E-state index in [-0.39, 0.29) is 36.8 Å². The molecule has 4 nitrogen and oxygen atoms in total. The number of nitrogens with zero attached hydrogens (tertiary/aromatic N) is 1. The van der Waals surface area contributed by atoms with E-state index in [4.69, 9.17) is 21.1 Å². The van der Waals surface area contributed by atoms with Crippen LogP contribution in [0.15, 0.2) is 36.4 Å². The molecule has 1 heterocycles. The lowest BCUT2D eigenvalue weighted by Crippen LogP contribution is -2.13. The number of hydrogen-bond acceptors (Lipinski definition) is 5. The van der Waals surface area contributed by atoms with Gasteiger partial charge in [-0.3, -0.25) is 4.79 Å². The number of ether oxygens (including phenoxy) is 2. The zero-order chi connectivity index (χ0) is 24.2. The molecule has 1 aromatic heterocycles. The number of esters is 1. The number of rotatable bonds is 8. The molecule has 0 bridgehead atoms. The Bertz CT molecular complexity index is 1150. The van der Waals surface area contributed by atoms with Crippen LogP contribution in [-0.4, -0.2) is 16.9 Å². The molecule has 0 spiro atoms. The van der Waals surface area contributed by atoms with Crippen LogP contribution in [0.4, 0.5) is 17.6 Å². The van der Waals surface area contributed by atoms with Gasteiger partial charge < -0.3 is 9.47 Å². The first-order chi connectivity index (χ1) is 15.6. The molecule has 0 aliphatic heterocycles. The molecular formula is C23H20ClF4NO3S. The Hall–Kier alpha value is -2.65. The third-order valence-corrected chi connectivity index (χ3v) is 6.20. The number of aryl methyl sites for hydroxylation is 2. The number of benzene rings is 2. The van der Waals surface area contributed by atoms with E-state index < -0.39 is 29.3 Å². The van der Waals surface area contributed by atoms with Crippen molar-refractivity contribution in [1.82, 2.24) is 4.37 Å². The zero-order valence-corrected chi connectivity index (χ0v) is 19.3. The first-order valence-corrected chi connectivity index (χ1v) is 11.1. The maximum atomic E-state index is 14.7. The first kappa shape index (κ1) is 25.0. The quantitative estimate of drug-likeness (QED) is 0.246. The molecule has 0 saturated carbocycles. The van der Waals surface area contributed by atoms with E-state index in [0.29, 0.717) is 16.5 Å². The summed E-state index contributed by atoms with van der Waals surface area (Å²) in [6.07, 6.45) is -5.38. The Labute approximate surface area is 197 Å².